The SMILES string of the molecule is O=[N+]([O-])c1ccc(-c2csc(=Nc3cccnc3)n2C2CCCCCC2)cc1. The third kappa shape index (κ3) is 4.04. The first-order valence-corrected chi connectivity index (χ1v) is 10.5. The molecule has 0 unspecified atom stereocenters. The number of pyridine rings is 1. The van der Waals surface area contributed by atoms with Gasteiger partial charge in [0.25, 0.3) is 5.69 Å². The van der Waals surface area contributed by atoms with Crippen LogP contribution < -0.4 is 4.80 Å². The van der Waals surface area contributed by atoms with Gasteiger partial charge in [0, 0.05) is 29.8 Å². The van der Waals surface area contributed by atoms with Crippen molar-refractivity contribution in [3.05, 3.63) is 69.1 Å². The van der Waals surface area contributed by atoms with Crippen molar-refractivity contribution in [3.8, 4) is 11.3 Å². The summed E-state index contributed by atoms with van der Waals surface area (Å²) >= 11 is 1.61. The summed E-state index contributed by atoms with van der Waals surface area (Å²) in [6, 6.07) is 11.1. The predicted molar refractivity (Wildman–Crippen MR) is 111 cm³/mol. The third-order valence-electron chi connectivity index (χ3n) is 5.18. The lowest BCUT2D eigenvalue weighted by molar-refractivity contribution is -0.384. The molecular weight excluding hydrogens is 372 g/mol. The predicted octanol–water partition coefficient (Wildman–Crippen LogP) is 5.65. The number of non-ortho nitro benzene ring substituents is 1. The molecule has 0 amide bonds. The summed E-state index contributed by atoms with van der Waals surface area (Å²) in [5.41, 5.74) is 3.01. The van der Waals surface area contributed by atoms with Crippen LogP contribution in [0.3, 0.4) is 0 Å². The van der Waals surface area contributed by atoms with E-state index in [4.69, 9.17) is 4.99 Å². The first-order valence-electron chi connectivity index (χ1n) is 9.62. The van der Waals surface area contributed by atoms with Gasteiger partial charge in [0.15, 0.2) is 4.80 Å². The molecule has 3 aromatic rings. The Labute approximate surface area is 167 Å². The second-order valence-corrected chi connectivity index (χ2v) is 7.88. The van der Waals surface area contributed by atoms with E-state index in [0.717, 1.165) is 34.6 Å². The van der Waals surface area contributed by atoms with Crippen LogP contribution in [0.1, 0.15) is 44.6 Å². The van der Waals surface area contributed by atoms with Gasteiger partial charge in [-0.05, 0) is 42.7 Å². The quantitative estimate of drug-likeness (QED) is 0.326. The zero-order chi connectivity index (χ0) is 19.3. The van der Waals surface area contributed by atoms with Gasteiger partial charge in [-0.25, -0.2) is 4.99 Å². The lowest BCUT2D eigenvalue weighted by Gasteiger charge is -2.20. The van der Waals surface area contributed by atoms with Crippen molar-refractivity contribution in [2.75, 3.05) is 0 Å². The summed E-state index contributed by atoms with van der Waals surface area (Å²) in [6.07, 6.45) is 10.8. The number of benzene rings is 1. The van der Waals surface area contributed by atoms with Crippen LogP contribution in [0.2, 0.25) is 0 Å². The summed E-state index contributed by atoms with van der Waals surface area (Å²) in [5, 5.41) is 13.1. The number of rotatable bonds is 4. The molecule has 0 bridgehead atoms. The molecule has 28 heavy (non-hydrogen) atoms. The molecule has 0 atom stereocenters. The molecule has 7 heteroatoms. The highest BCUT2D eigenvalue weighted by molar-refractivity contribution is 7.07. The fraction of sp³-hybridized carbons (Fsp3) is 0.333. The molecule has 1 aromatic carbocycles. The molecule has 0 radical (unpaired) electrons. The van der Waals surface area contributed by atoms with E-state index >= 15 is 0 Å². The molecule has 1 aliphatic rings. The van der Waals surface area contributed by atoms with Gasteiger partial charge >= 0.3 is 0 Å². The van der Waals surface area contributed by atoms with Gasteiger partial charge in [-0.3, -0.25) is 15.1 Å². The van der Waals surface area contributed by atoms with Crippen molar-refractivity contribution in [1.29, 1.82) is 0 Å². The lowest BCUT2D eigenvalue weighted by atomic mass is 10.1. The number of hydrogen-bond acceptors (Lipinski definition) is 5. The zero-order valence-electron chi connectivity index (χ0n) is 15.5. The highest BCUT2D eigenvalue weighted by Crippen LogP contribution is 2.32. The van der Waals surface area contributed by atoms with Gasteiger partial charge in [-0.15, -0.1) is 11.3 Å². The topological polar surface area (TPSA) is 73.3 Å². The number of nitro groups is 1. The third-order valence-corrected chi connectivity index (χ3v) is 6.02. The number of hydrogen-bond donors (Lipinski definition) is 0. The monoisotopic (exact) mass is 394 g/mol. The Morgan fingerprint density at radius 3 is 2.50 bits per heavy atom. The molecule has 1 aliphatic carbocycles. The molecule has 0 N–H and O–H groups in total. The van der Waals surface area contributed by atoms with Gasteiger partial charge in [0.05, 0.1) is 22.5 Å². The molecule has 1 saturated carbocycles. The molecule has 4 rings (SSSR count). The van der Waals surface area contributed by atoms with Crippen molar-refractivity contribution in [3.63, 3.8) is 0 Å². The van der Waals surface area contributed by atoms with E-state index in [0.29, 0.717) is 6.04 Å². The summed E-state index contributed by atoms with van der Waals surface area (Å²) < 4.78 is 2.34. The van der Waals surface area contributed by atoms with Crippen molar-refractivity contribution in [1.82, 2.24) is 9.55 Å². The van der Waals surface area contributed by atoms with E-state index in [1.165, 1.54) is 25.7 Å². The van der Waals surface area contributed by atoms with Gasteiger partial charge in [-0.1, -0.05) is 25.7 Å². The fourth-order valence-corrected chi connectivity index (χ4v) is 4.75. The maximum absolute atomic E-state index is 11.0. The van der Waals surface area contributed by atoms with E-state index in [1.807, 2.05) is 24.3 Å². The summed E-state index contributed by atoms with van der Waals surface area (Å²) in [6.45, 7) is 0. The van der Waals surface area contributed by atoms with Crippen LogP contribution in [-0.2, 0) is 0 Å². The first-order chi connectivity index (χ1) is 13.7. The van der Waals surface area contributed by atoms with E-state index in [-0.39, 0.29) is 10.6 Å². The van der Waals surface area contributed by atoms with E-state index < -0.39 is 0 Å². The molecule has 0 saturated heterocycles. The Kier molecular flexibility index (Phi) is 5.62. The lowest BCUT2D eigenvalue weighted by Crippen LogP contribution is -2.21. The summed E-state index contributed by atoms with van der Waals surface area (Å²) in [4.78, 5) is 20.6. The van der Waals surface area contributed by atoms with Crippen LogP contribution in [0, 0.1) is 10.1 Å². The Balaban J connectivity index is 1.82. The minimum Gasteiger partial charge on any atom is -0.313 e. The van der Waals surface area contributed by atoms with E-state index in [1.54, 1.807) is 35.9 Å². The summed E-state index contributed by atoms with van der Waals surface area (Å²) in [5.74, 6) is 0. The van der Waals surface area contributed by atoms with Crippen LogP contribution >= 0.6 is 11.3 Å². The fourth-order valence-electron chi connectivity index (χ4n) is 3.77. The minimum atomic E-state index is -0.361. The Morgan fingerprint density at radius 1 is 1.11 bits per heavy atom. The van der Waals surface area contributed by atoms with Crippen molar-refractivity contribution < 1.29 is 4.92 Å². The van der Waals surface area contributed by atoms with Crippen LogP contribution in [0.5, 0.6) is 0 Å². The highest BCUT2D eigenvalue weighted by Gasteiger charge is 2.20. The molecule has 1 fully saturated rings. The molecular formula is C21H22N4O2S. The first kappa shape index (κ1) is 18.6. The standard InChI is InChI=1S/C21H22N4O2S/c26-25(27)19-11-9-16(10-12-19)20-15-28-21(23-17-6-5-13-22-14-17)24(20)18-7-3-1-2-4-8-18/h5-6,9-15,18H,1-4,7-8H2. The average Bonchev–Trinajstić information content (AvgIpc) is 2.94. The molecule has 2 heterocycles. The zero-order valence-corrected chi connectivity index (χ0v) is 16.3. The second-order valence-electron chi connectivity index (χ2n) is 7.05. The van der Waals surface area contributed by atoms with E-state index in [9.17, 15) is 10.1 Å². The van der Waals surface area contributed by atoms with Crippen molar-refractivity contribution >= 4 is 22.7 Å². The van der Waals surface area contributed by atoms with Gasteiger partial charge in [0.1, 0.15) is 0 Å². The van der Waals surface area contributed by atoms with Gasteiger partial charge < -0.3 is 4.57 Å². The largest absolute Gasteiger partial charge is 0.313 e. The van der Waals surface area contributed by atoms with Crippen LogP contribution in [0.25, 0.3) is 11.3 Å². The molecule has 0 aliphatic heterocycles. The Morgan fingerprint density at radius 2 is 1.86 bits per heavy atom. The molecule has 6 nitrogen and oxygen atoms in total. The van der Waals surface area contributed by atoms with Crippen LogP contribution in [0.15, 0.2) is 59.2 Å². The van der Waals surface area contributed by atoms with Crippen molar-refractivity contribution in [2.24, 2.45) is 4.99 Å². The van der Waals surface area contributed by atoms with E-state index in [2.05, 4.69) is 14.9 Å². The Bertz CT molecular complexity index is 1000. The van der Waals surface area contributed by atoms with Crippen LogP contribution in [0.4, 0.5) is 11.4 Å². The number of nitrogens with zero attached hydrogens (tertiary/aromatic N) is 4. The average molecular weight is 395 g/mol. The normalized spacial score (nSPS) is 16.1. The Hall–Kier alpha value is -2.80. The second kappa shape index (κ2) is 8.48. The van der Waals surface area contributed by atoms with Crippen molar-refractivity contribution in [2.45, 2.75) is 44.6 Å². The maximum atomic E-state index is 11.0. The highest BCUT2D eigenvalue weighted by atomic mass is 32.1. The van der Waals surface area contributed by atoms with Crippen LogP contribution in [-0.4, -0.2) is 14.5 Å². The molecule has 0 spiro atoms. The molecule has 2 aromatic heterocycles. The smallest absolute Gasteiger partial charge is 0.269 e. The minimum absolute atomic E-state index is 0.111. The van der Waals surface area contributed by atoms with Gasteiger partial charge in [-0.2, -0.15) is 0 Å². The maximum Gasteiger partial charge on any atom is 0.269 e. The number of nitro benzene ring substituents is 1. The van der Waals surface area contributed by atoms with Gasteiger partial charge in [0.2, 0.25) is 0 Å². The number of thiazole rings is 1. The number of aromatic nitrogens is 2. The summed E-state index contributed by atoms with van der Waals surface area (Å²) in [7, 11) is 0. The molecule has 144 valence electrons.